The van der Waals surface area contributed by atoms with Crippen LogP contribution in [0.25, 0.3) is 0 Å². The predicted molar refractivity (Wildman–Crippen MR) is 72.9 cm³/mol. The summed E-state index contributed by atoms with van der Waals surface area (Å²) in [5.74, 6) is -0.0185. The number of ketones is 1. The highest BCUT2D eigenvalue weighted by Crippen LogP contribution is 2.11. The maximum atomic E-state index is 11.9. The van der Waals surface area contributed by atoms with Gasteiger partial charge in [0.05, 0.1) is 6.07 Å². The molecule has 100 valence electrons. The Kier molecular flexibility index (Phi) is 5.55. The van der Waals surface area contributed by atoms with E-state index in [1.165, 1.54) is 11.8 Å². The molecule has 0 fully saturated rings. The molecule has 0 aliphatic carbocycles. The number of rotatable bonds is 5. The first-order chi connectivity index (χ1) is 9.08. The van der Waals surface area contributed by atoms with Crippen molar-refractivity contribution in [3.63, 3.8) is 0 Å². The number of benzene rings is 1. The van der Waals surface area contributed by atoms with Crippen LogP contribution in [-0.2, 0) is 0 Å². The topological polar surface area (TPSA) is 73.2 Å². The van der Waals surface area contributed by atoms with Crippen LogP contribution in [0.5, 0.6) is 0 Å². The van der Waals surface area contributed by atoms with Crippen molar-refractivity contribution in [3.8, 4) is 6.07 Å². The van der Waals surface area contributed by atoms with Crippen LogP contribution in [0.2, 0.25) is 0 Å². The second-order valence-electron chi connectivity index (χ2n) is 4.14. The van der Waals surface area contributed by atoms with Crippen LogP contribution in [0, 0.1) is 11.3 Å². The molecule has 0 radical (unpaired) electrons. The summed E-state index contributed by atoms with van der Waals surface area (Å²) in [4.78, 5) is 24.5. The number of carbonyl (C=O) groups excluding carboxylic acids is 2. The summed E-state index contributed by atoms with van der Waals surface area (Å²) in [6.45, 7) is 4.03. The monoisotopic (exact) mass is 259 g/mol. The van der Waals surface area contributed by atoms with E-state index in [9.17, 15) is 9.59 Å². The normalized spacial score (nSPS) is 9.53. The van der Waals surface area contributed by atoms with Crippen molar-refractivity contribution in [2.75, 3.05) is 18.4 Å². The van der Waals surface area contributed by atoms with E-state index < -0.39 is 0 Å². The Morgan fingerprint density at radius 2 is 1.95 bits per heavy atom. The highest BCUT2D eigenvalue weighted by atomic mass is 16.2. The first-order valence-corrected chi connectivity index (χ1v) is 6.12. The Morgan fingerprint density at radius 3 is 2.42 bits per heavy atom. The fraction of sp³-hybridized carbons (Fsp3) is 0.357. The van der Waals surface area contributed by atoms with Gasteiger partial charge < -0.3 is 10.2 Å². The molecule has 0 unspecified atom stereocenters. The summed E-state index contributed by atoms with van der Waals surface area (Å²) in [5.41, 5.74) is 1.20. The highest BCUT2D eigenvalue weighted by Gasteiger charge is 2.12. The lowest BCUT2D eigenvalue weighted by molar-refractivity contribution is 0.101. The van der Waals surface area contributed by atoms with Gasteiger partial charge in [-0.2, -0.15) is 5.26 Å². The zero-order chi connectivity index (χ0) is 14.3. The van der Waals surface area contributed by atoms with Crippen molar-refractivity contribution in [1.29, 1.82) is 5.26 Å². The van der Waals surface area contributed by atoms with E-state index in [0.29, 0.717) is 17.8 Å². The highest BCUT2D eigenvalue weighted by molar-refractivity contribution is 5.95. The zero-order valence-electron chi connectivity index (χ0n) is 11.1. The lowest BCUT2D eigenvalue weighted by atomic mass is 10.1. The van der Waals surface area contributed by atoms with Crippen LogP contribution < -0.4 is 5.32 Å². The van der Waals surface area contributed by atoms with Crippen molar-refractivity contribution in [2.24, 2.45) is 0 Å². The number of amides is 2. The third-order valence-electron chi connectivity index (χ3n) is 2.59. The number of nitrogens with one attached hydrogen (secondary N) is 1. The lowest BCUT2D eigenvalue weighted by Gasteiger charge is -2.19. The Hall–Kier alpha value is -2.35. The maximum absolute atomic E-state index is 11.9. The van der Waals surface area contributed by atoms with Crippen LogP contribution in [0.15, 0.2) is 24.3 Å². The van der Waals surface area contributed by atoms with Crippen molar-refractivity contribution in [1.82, 2.24) is 4.90 Å². The smallest absolute Gasteiger partial charge is 0.311 e. The number of hydrogen-bond donors (Lipinski definition) is 1. The standard InChI is InChI=1S/C14H17N3O2/c1-3-9-17(10-8-15)14(19)16-13-6-4-12(5-7-13)11(2)18/h4-7H,3,9-10H2,1-2H3,(H,16,19). The summed E-state index contributed by atoms with van der Waals surface area (Å²) in [7, 11) is 0. The van der Waals surface area contributed by atoms with Crippen LogP contribution in [0.4, 0.5) is 10.5 Å². The van der Waals surface area contributed by atoms with E-state index in [1.54, 1.807) is 24.3 Å². The molecule has 0 bridgehead atoms. The average Bonchev–Trinajstić information content (AvgIpc) is 2.39. The molecule has 5 heteroatoms. The van der Waals surface area contributed by atoms with Crippen LogP contribution in [0.3, 0.4) is 0 Å². The first kappa shape index (κ1) is 14.7. The first-order valence-electron chi connectivity index (χ1n) is 6.12. The molecule has 1 aromatic rings. The number of anilines is 1. The largest absolute Gasteiger partial charge is 0.322 e. The molecule has 0 saturated carbocycles. The molecule has 0 atom stereocenters. The van der Waals surface area contributed by atoms with Gasteiger partial charge in [-0.25, -0.2) is 4.79 Å². The molecule has 5 nitrogen and oxygen atoms in total. The van der Waals surface area contributed by atoms with E-state index in [0.717, 1.165) is 6.42 Å². The van der Waals surface area contributed by atoms with Crippen molar-refractivity contribution < 1.29 is 9.59 Å². The molecule has 0 aromatic heterocycles. The Morgan fingerprint density at radius 1 is 1.32 bits per heavy atom. The SMILES string of the molecule is CCCN(CC#N)C(=O)Nc1ccc(C(C)=O)cc1. The predicted octanol–water partition coefficient (Wildman–Crippen LogP) is 2.66. The number of hydrogen-bond acceptors (Lipinski definition) is 3. The summed E-state index contributed by atoms with van der Waals surface area (Å²) >= 11 is 0. The number of carbonyl (C=O) groups is 2. The van der Waals surface area contributed by atoms with E-state index in [2.05, 4.69) is 5.32 Å². The van der Waals surface area contributed by atoms with Gasteiger partial charge >= 0.3 is 6.03 Å². The van der Waals surface area contributed by atoms with E-state index in [1.807, 2.05) is 13.0 Å². The minimum absolute atomic E-state index is 0.0185. The molecule has 1 aromatic carbocycles. The molecule has 0 aliphatic rings. The fourth-order valence-electron chi connectivity index (χ4n) is 1.60. The molecule has 0 heterocycles. The van der Waals surface area contributed by atoms with Gasteiger partial charge in [-0.05, 0) is 37.6 Å². The van der Waals surface area contributed by atoms with E-state index >= 15 is 0 Å². The van der Waals surface area contributed by atoms with Crippen molar-refractivity contribution in [2.45, 2.75) is 20.3 Å². The van der Waals surface area contributed by atoms with Gasteiger partial charge in [-0.3, -0.25) is 4.79 Å². The van der Waals surface area contributed by atoms with Crippen LogP contribution in [-0.4, -0.2) is 29.8 Å². The van der Waals surface area contributed by atoms with E-state index in [-0.39, 0.29) is 18.4 Å². The van der Waals surface area contributed by atoms with E-state index in [4.69, 9.17) is 5.26 Å². The van der Waals surface area contributed by atoms with Gasteiger partial charge in [0.25, 0.3) is 0 Å². The second kappa shape index (κ2) is 7.17. The fourth-order valence-corrected chi connectivity index (χ4v) is 1.60. The van der Waals surface area contributed by atoms with Gasteiger partial charge in [0.15, 0.2) is 5.78 Å². The van der Waals surface area contributed by atoms with Gasteiger partial charge in [0.1, 0.15) is 6.54 Å². The number of nitrogens with zero attached hydrogens (tertiary/aromatic N) is 2. The van der Waals surface area contributed by atoms with Crippen molar-refractivity contribution >= 4 is 17.5 Å². The second-order valence-corrected chi connectivity index (χ2v) is 4.14. The minimum Gasteiger partial charge on any atom is -0.311 e. The average molecular weight is 259 g/mol. The Balaban J connectivity index is 2.70. The van der Waals surface area contributed by atoms with Gasteiger partial charge in [0.2, 0.25) is 0 Å². The summed E-state index contributed by atoms with van der Waals surface area (Å²) in [5, 5.41) is 11.4. The zero-order valence-corrected chi connectivity index (χ0v) is 11.1. The quantitative estimate of drug-likeness (QED) is 0.652. The molecule has 0 saturated heterocycles. The Labute approximate surface area is 112 Å². The van der Waals surface area contributed by atoms with Crippen molar-refractivity contribution in [3.05, 3.63) is 29.8 Å². The van der Waals surface area contributed by atoms with Gasteiger partial charge in [0, 0.05) is 17.8 Å². The van der Waals surface area contributed by atoms with Gasteiger partial charge in [-0.1, -0.05) is 6.92 Å². The van der Waals surface area contributed by atoms with Gasteiger partial charge in [-0.15, -0.1) is 0 Å². The molecule has 1 rings (SSSR count). The summed E-state index contributed by atoms with van der Waals surface area (Å²) in [6, 6.07) is 8.32. The lowest BCUT2D eigenvalue weighted by Crippen LogP contribution is -2.35. The third-order valence-corrected chi connectivity index (χ3v) is 2.59. The number of Topliss-reactive ketones (excluding diaryl/α,β-unsaturated/α-hetero) is 1. The maximum Gasteiger partial charge on any atom is 0.322 e. The molecule has 0 spiro atoms. The molecule has 0 aliphatic heterocycles. The molecule has 19 heavy (non-hydrogen) atoms. The Bertz CT molecular complexity index is 488. The number of urea groups is 1. The van der Waals surface area contributed by atoms with Crippen LogP contribution >= 0.6 is 0 Å². The molecule has 1 N–H and O–H groups in total. The summed E-state index contributed by atoms with van der Waals surface area (Å²) < 4.78 is 0. The summed E-state index contributed by atoms with van der Waals surface area (Å²) in [6.07, 6.45) is 0.790. The molecular weight excluding hydrogens is 242 g/mol. The molecular formula is C14H17N3O2. The van der Waals surface area contributed by atoms with Crippen LogP contribution in [0.1, 0.15) is 30.6 Å². The number of nitriles is 1. The molecule has 2 amide bonds. The minimum atomic E-state index is -0.307. The third kappa shape index (κ3) is 4.43.